The van der Waals surface area contributed by atoms with Crippen molar-refractivity contribution in [2.24, 2.45) is 0 Å². The number of benzene rings is 10. The molecule has 0 aliphatic carbocycles. The maximum absolute atomic E-state index is 6.06. The van der Waals surface area contributed by atoms with E-state index < -0.39 is 24.2 Å². The molecule has 0 bridgehead atoms. The lowest BCUT2D eigenvalue weighted by Crippen LogP contribution is -2.41. The Morgan fingerprint density at radius 2 is 0.600 bits per heavy atom. The molecule has 0 N–H and O–H groups in total. The van der Waals surface area contributed by atoms with Crippen LogP contribution in [0, 0.1) is 6.92 Å². The van der Waals surface area contributed by atoms with Crippen LogP contribution in [0.5, 0.6) is 0 Å². The van der Waals surface area contributed by atoms with E-state index in [-0.39, 0.29) is 18.3 Å². The average Bonchev–Trinajstić information content (AvgIpc) is 1.64. The van der Waals surface area contributed by atoms with Crippen molar-refractivity contribution in [1.29, 1.82) is 0 Å². The Labute approximate surface area is 577 Å². The maximum atomic E-state index is 6.06. The lowest BCUT2D eigenvalue weighted by molar-refractivity contribution is 0.00578. The summed E-state index contributed by atoms with van der Waals surface area (Å²) in [5.41, 5.74) is 23.8. The summed E-state index contributed by atoms with van der Waals surface area (Å²) in [7, 11) is -4.90. The van der Waals surface area contributed by atoms with E-state index in [1.165, 1.54) is 99.0 Å². The zero-order chi connectivity index (χ0) is 67.3. The van der Waals surface area contributed by atoms with Crippen LogP contribution in [0.2, 0.25) is 58.9 Å². The van der Waals surface area contributed by atoms with Gasteiger partial charge < -0.3 is 9.31 Å². The minimum absolute atomic E-state index is 0.308. The van der Waals surface area contributed by atoms with Crippen LogP contribution in [0.25, 0.3) is 100 Å². The molecule has 0 atom stereocenters. The van der Waals surface area contributed by atoms with E-state index in [0.29, 0.717) is 0 Å². The number of hydrogen-bond acceptors (Lipinski definition) is 4. The predicted molar refractivity (Wildman–Crippen MR) is 421 cm³/mol. The molecule has 1 aliphatic rings. The zero-order valence-electron chi connectivity index (χ0n) is 57.7. The Morgan fingerprint density at radius 1 is 0.305 bits per heavy atom. The van der Waals surface area contributed by atoms with Gasteiger partial charge in [0.05, 0.1) is 46.8 Å². The summed E-state index contributed by atoms with van der Waals surface area (Å²) in [5.74, 6) is 0. The number of aromatic nitrogens is 2. The summed E-state index contributed by atoms with van der Waals surface area (Å²) >= 11 is 3.80. The number of pyridine rings is 2. The molecule has 0 spiro atoms. The monoisotopic (exact) mass is 1350 g/mol. The molecule has 10 aromatic carbocycles. The molecule has 0 radical (unpaired) electrons. The summed E-state index contributed by atoms with van der Waals surface area (Å²) in [6.45, 7) is 32.4. The Hall–Kier alpha value is -8.38. The van der Waals surface area contributed by atoms with Crippen LogP contribution in [0.1, 0.15) is 33.3 Å². The second-order valence-corrected chi connectivity index (χ2v) is 45.0. The maximum Gasteiger partial charge on any atom is 0.494 e. The van der Waals surface area contributed by atoms with Crippen LogP contribution in [0.15, 0.2) is 284 Å². The van der Waals surface area contributed by atoms with E-state index in [9.17, 15) is 0 Å². The van der Waals surface area contributed by atoms with E-state index in [0.717, 1.165) is 32.5 Å². The third-order valence-electron chi connectivity index (χ3n) is 18.4. The van der Waals surface area contributed by atoms with E-state index >= 15 is 0 Å². The largest absolute Gasteiger partial charge is 0.494 e. The number of aryl methyl sites for hydroxylation is 1. The molecule has 95 heavy (non-hydrogen) atoms. The molecule has 12 aromatic rings. The second-order valence-electron chi connectivity index (χ2n) is 29.0. The topological polar surface area (TPSA) is 44.2 Å². The minimum Gasteiger partial charge on any atom is -0.399 e. The van der Waals surface area contributed by atoms with Crippen molar-refractivity contribution < 1.29 is 9.31 Å². The van der Waals surface area contributed by atoms with Gasteiger partial charge in [-0.15, -0.1) is 0 Å². The van der Waals surface area contributed by atoms with Gasteiger partial charge in [-0.1, -0.05) is 291 Å². The Morgan fingerprint density at radius 3 is 0.979 bits per heavy atom. The van der Waals surface area contributed by atoms with Crippen LogP contribution in [-0.4, -0.2) is 52.5 Å². The summed E-state index contributed by atoms with van der Waals surface area (Å²) in [4.78, 5) is 8.89. The smallest absolute Gasteiger partial charge is 0.399 e. The molecule has 4 nitrogen and oxygen atoms in total. The van der Waals surface area contributed by atoms with Crippen molar-refractivity contribution >= 4 is 68.3 Å². The molecular weight excluding hydrogens is 1270 g/mol. The molecule has 9 heteroatoms. The Bertz CT molecular complexity index is 4540. The molecule has 476 valence electrons. The first-order chi connectivity index (χ1) is 45.3. The number of hydrogen-bond donors (Lipinski definition) is 0. The number of nitrogens with zero attached hydrogens (tertiary/aromatic N) is 2. The first-order valence-electron chi connectivity index (χ1n) is 33.2. The van der Waals surface area contributed by atoms with E-state index in [4.69, 9.17) is 9.31 Å². The van der Waals surface area contributed by atoms with Gasteiger partial charge in [0.25, 0.3) is 0 Å². The summed E-state index contributed by atoms with van der Waals surface area (Å²) in [6, 6.07) is 96.3. The molecule has 1 aliphatic heterocycles. The third kappa shape index (κ3) is 15.8. The van der Waals surface area contributed by atoms with Crippen LogP contribution in [0.4, 0.5) is 0 Å². The number of rotatable bonds is 13. The molecule has 2 aromatic heterocycles. The van der Waals surface area contributed by atoms with Gasteiger partial charge in [0.15, 0.2) is 0 Å². The first kappa shape index (κ1) is 68.0. The average molecular weight is 1360 g/mol. The van der Waals surface area contributed by atoms with Gasteiger partial charge in [0.2, 0.25) is 0 Å². The normalized spacial score (nSPS) is 13.5. The van der Waals surface area contributed by atoms with Gasteiger partial charge >= 0.3 is 7.12 Å². The third-order valence-corrected chi connectivity index (χ3v) is 25.3. The molecule has 0 amide bonds. The van der Waals surface area contributed by atoms with Crippen LogP contribution in [0.3, 0.4) is 0 Å². The summed E-state index contributed by atoms with van der Waals surface area (Å²) in [6.07, 6.45) is 3.65. The highest BCUT2D eigenvalue weighted by atomic mass is 79.9. The molecule has 0 unspecified atom stereocenters. The molecule has 1 fully saturated rings. The predicted octanol–water partition coefficient (Wildman–Crippen LogP) is 21.9. The first-order valence-corrected chi connectivity index (χ1v) is 44.5. The molecular formula is C86H88BBrN2O2Si3. The van der Waals surface area contributed by atoms with Crippen molar-refractivity contribution in [2.75, 3.05) is 0 Å². The van der Waals surface area contributed by atoms with E-state index in [1.807, 2.05) is 48.7 Å². The number of halogens is 1. The van der Waals surface area contributed by atoms with Gasteiger partial charge in [-0.25, -0.2) is 0 Å². The standard InChI is InChI=1S/C39H35NSi.C30H33BrSi2.C17H20BNO2/c1-28-13-5-6-14-34(28)31-25-32(27-33(26-31)37-17-9-10-19-39(37)41(2,3)4)36-16-8-7-15-35(36)29-20-22-30(23-21-29)38-18-11-12-24-40-38;1-32(2,3)29-17-11-8-14-26(29)23-19-22(25-13-7-10-16-28(25)31)20-24(21-23)27-15-9-12-18-30(27)33(4,5)6;1-16(2)17(3,4)21-18(20-16)14-10-8-13(9-11-14)15-7-5-6-12-19-15/h5-27H,1-4H3;7-21H,1-6H3;5-12H,1-4H3. The summed E-state index contributed by atoms with van der Waals surface area (Å²) < 4.78 is 13.2. The van der Waals surface area contributed by atoms with Crippen LogP contribution < -0.4 is 21.0 Å². The molecule has 1 saturated heterocycles. The van der Waals surface area contributed by atoms with Gasteiger partial charge in [0, 0.05) is 28.0 Å². The van der Waals surface area contributed by atoms with Crippen molar-refractivity contribution in [2.45, 2.75) is 105 Å². The highest BCUT2D eigenvalue weighted by Crippen LogP contribution is 2.41. The Kier molecular flexibility index (Phi) is 20.4. The lowest BCUT2D eigenvalue weighted by Gasteiger charge is -2.32. The van der Waals surface area contributed by atoms with Crippen molar-refractivity contribution in [3.63, 3.8) is 0 Å². The lowest BCUT2D eigenvalue weighted by atomic mass is 9.79. The minimum atomic E-state index is -1.57. The SMILES string of the molecule is CC1(C)OB(c2ccc(-c3ccccn3)cc2)OC1(C)C.C[Si](C)(C)c1ccccc1-c1cc(-c2ccccc2Br)cc(-c2ccccc2[Si](C)(C)C)c1.Cc1ccccc1-c1cc(-c2ccccc2-c2ccc(-c3ccccn3)cc2)cc(-c2ccccc2[Si](C)(C)C)c1. The molecule has 0 saturated carbocycles. The fourth-order valence-electron chi connectivity index (χ4n) is 12.6. The second kappa shape index (κ2) is 28.5. The molecule has 3 heterocycles. The van der Waals surface area contributed by atoms with Crippen molar-refractivity contribution in [3.05, 3.63) is 289 Å². The van der Waals surface area contributed by atoms with Gasteiger partial charge in [-0.05, 0) is 190 Å². The van der Waals surface area contributed by atoms with Crippen molar-refractivity contribution in [3.8, 4) is 100 Å². The van der Waals surface area contributed by atoms with E-state index in [1.54, 1.807) is 6.20 Å². The van der Waals surface area contributed by atoms with Gasteiger partial charge in [-0.3, -0.25) is 9.97 Å². The fraction of sp³-hybridized carbons (Fsp3) is 0.186. The zero-order valence-corrected chi connectivity index (χ0v) is 62.3. The van der Waals surface area contributed by atoms with Crippen LogP contribution >= 0.6 is 15.9 Å². The van der Waals surface area contributed by atoms with Gasteiger partial charge in [0.1, 0.15) is 0 Å². The fourth-order valence-corrected chi connectivity index (χ4v) is 18.0. The van der Waals surface area contributed by atoms with E-state index in [2.05, 4.69) is 344 Å². The highest BCUT2D eigenvalue weighted by Gasteiger charge is 2.51. The van der Waals surface area contributed by atoms with Crippen LogP contribution in [-0.2, 0) is 9.31 Å². The summed E-state index contributed by atoms with van der Waals surface area (Å²) in [5, 5.41) is 4.52. The van der Waals surface area contributed by atoms with Crippen molar-refractivity contribution in [1.82, 2.24) is 9.97 Å². The quantitative estimate of drug-likeness (QED) is 0.108. The Balaban J connectivity index is 0.000000153. The molecule has 13 rings (SSSR count). The highest BCUT2D eigenvalue weighted by molar-refractivity contribution is 9.10. The van der Waals surface area contributed by atoms with Gasteiger partial charge in [-0.2, -0.15) is 0 Å².